The van der Waals surface area contributed by atoms with Crippen molar-refractivity contribution in [1.82, 2.24) is 9.88 Å². The predicted octanol–water partition coefficient (Wildman–Crippen LogP) is 3.91. The Kier molecular flexibility index (Phi) is 7.44. The maximum absolute atomic E-state index is 12.7. The van der Waals surface area contributed by atoms with E-state index in [-0.39, 0.29) is 17.7 Å². The monoisotopic (exact) mass is 408 g/mol. The van der Waals surface area contributed by atoms with Crippen molar-refractivity contribution in [3.63, 3.8) is 0 Å². The maximum Gasteiger partial charge on any atom is 0.224 e. The molecule has 0 spiro atoms. The van der Waals surface area contributed by atoms with Crippen molar-refractivity contribution in [2.75, 3.05) is 36.4 Å². The Morgan fingerprint density at radius 3 is 2.27 bits per heavy atom. The van der Waals surface area contributed by atoms with Gasteiger partial charge in [0.25, 0.3) is 0 Å². The lowest BCUT2D eigenvalue weighted by molar-refractivity contribution is -0.132. The molecule has 1 aromatic carbocycles. The third-order valence-corrected chi connectivity index (χ3v) is 5.52. The number of carbonyl (C=O) groups excluding carboxylic acids is 2. The zero-order chi connectivity index (χ0) is 21.5. The first-order valence-electron chi connectivity index (χ1n) is 10.8. The van der Waals surface area contributed by atoms with Gasteiger partial charge in [0.15, 0.2) is 0 Å². The summed E-state index contributed by atoms with van der Waals surface area (Å²) < 4.78 is 0. The van der Waals surface area contributed by atoms with Gasteiger partial charge in [-0.2, -0.15) is 0 Å². The standard InChI is InChI=1S/C24H32N4O2/c1-18(2)20-7-9-21(10-8-20)26-23(29)16-19(3)17-24(30)28-14-12-27(13-15-28)22-6-4-5-11-25-22/h4-11,18-19H,12-17H2,1-3H3,(H,26,29)/t19-/m0/s1. The molecule has 160 valence electrons. The van der Waals surface area contributed by atoms with Gasteiger partial charge in [0.1, 0.15) is 5.82 Å². The average Bonchev–Trinajstić information content (AvgIpc) is 2.74. The van der Waals surface area contributed by atoms with E-state index in [2.05, 4.69) is 29.0 Å². The van der Waals surface area contributed by atoms with Crippen LogP contribution in [0.1, 0.15) is 45.1 Å². The van der Waals surface area contributed by atoms with Gasteiger partial charge in [0.05, 0.1) is 0 Å². The van der Waals surface area contributed by atoms with Gasteiger partial charge in [-0.25, -0.2) is 4.98 Å². The van der Waals surface area contributed by atoms with Crippen molar-refractivity contribution < 1.29 is 9.59 Å². The fraction of sp³-hybridized carbons (Fsp3) is 0.458. The van der Waals surface area contributed by atoms with Gasteiger partial charge in [-0.05, 0) is 41.7 Å². The lowest BCUT2D eigenvalue weighted by Crippen LogP contribution is -2.49. The molecule has 1 atom stereocenters. The second kappa shape index (κ2) is 10.2. The van der Waals surface area contributed by atoms with E-state index in [1.807, 2.05) is 54.3 Å². The van der Waals surface area contributed by atoms with Crippen molar-refractivity contribution in [3.8, 4) is 0 Å². The number of carbonyl (C=O) groups is 2. The molecular formula is C24H32N4O2. The van der Waals surface area contributed by atoms with E-state index in [9.17, 15) is 9.59 Å². The van der Waals surface area contributed by atoms with Gasteiger partial charge in [-0.3, -0.25) is 9.59 Å². The molecule has 1 fully saturated rings. The summed E-state index contributed by atoms with van der Waals surface area (Å²) in [7, 11) is 0. The molecule has 6 heteroatoms. The highest BCUT2D eigenvalue weighted by molar-refractivity contribution is 5.91. The van der Waals surface area contributed by atoms with Crippen molar-refractivity contribution in [1.29, 1.82) is 0 Å². The van der Waals surface area contributed by atoms with E-state index in [1.165, 1.54) is 5.56 Å². The Balaban J connectivity index is 1.41. The summed E-state index contributed by atoms with van der Waals surface area (Å²) >= 11 is 0. The third-order valence-electron chi connectivity index (χ3n) is 5.52. The number of piperazine rings is 1. The van der Waals surface area contributed by atoms with Gasteiger partial charge >= 0.3 is 0 Å². The number of amides is 2. The van der Waals surface area contributed by atoms with E-state index < -0.39 is 0 Å². The molecule has 2 heterocycles. The minimum Gasteiger partial charge on any atom is -0.353 e. The minimum atomic E-state index is -0.0485. The average molecular weight is 409 g/mol. The maximum atomic E-state index is 12.7. The van der Waals surface area contributed by atoms with Crippen LogP contribution in [0.2, 0.25) is 0 Å². The SMILES string of the molecule is CC(C)c1ccc(NC(=O)C[C@H](C)CC(=O)N2CCN(c3ccccn3)CC2)cc1. The number of benzene rings is 1. The Labute approximate surface area is 179 Å². The largest absolute Gasteiger partial charge is 0.353 e. The fourth-order valence-electron chi connectivity index (χ4n) is 3.70. The summed E-state index contributed by atoms with van der Waals surface area (Å²) in [5.41, 5.74) is 2.05. The Bertz CT molecular complexity index is 828. The van der Waals surface area contributed by atoms with Crippen LogP contribution in [0.3, 0.4) is 0 Å². The van der Waals surface area contributed by atoms with Gasteiger partial charge in [0, 0.05) is 50.9 Å². The first-order chi connectivity index (χ1) is 14.4. The van der Waals surface area contributed by atoms with Crippen LogP contribution in [0.5, 0.6) is 0 Å². The number of pyridine rings is 1. The molecule has 0 radical (unpaired) electrons. The summed E-state index contributed by atoms with van der Waals surface area (Å²) in [6.45, 7) is 9.19. The third kappa shape index (κ3) is 6.05. The summed E-state index contributed by atoms with van der Waals surface area (Å²) in [6, 6.07) is 13.8. The summed E-state index contributed by atoms with van der Waals surface area (Å²) in [5, 5.41) is 2.94. The lowest BCUT2D eigenvalue weighted by Gasteiger charge is -2.35. The topological polar surface area (TPSA) is 65.5 Å². The van der Waals surface area contributed by atoms with Crippen LogP contribution in [0, 0.1) is 5.92 Å². The molecule has 0 aliphatic carbocycles. The minimum absolute atomic E-state index is 0.00116. The van der Waals surface area contributed by atoms with Crippen LogP contribution < -0.4 is 10.2 Å². The number of rotatable bonds is 7. The van der Waals surface area contributed by atoms with E-state index in [1.54, 1.807) is 6.20 Å². The van der Waals surface area contributed by atoms with Crippen LogP contribution in [-0.2, 0) is 9.59 Å². The highest BCUT2D eigenvalue weighted by atomic mass is 16.2. The lowest BCUT2D eigenvalue weighted by atomic mass is 10.0. The van der Waals surface area contributed by atoms with Crippen LogP contribution in [0.4, 0.5) is 11.5 Å². The molecule has 2 amide bonds. The van der Waals surface area contributed by atoms with Crippen LogP contribution in [-0.4, -0.2) is 47.9 Å². The first kappa shape index (κ1) is 21.8. The Hall–Kier alpha value is -2.89. The number of nitrogens with zero attached hydrogens (tertiary/aromatic N) is 3. The summed E-state index contributed by atoms with van der Waals surface area (Å²) in [5.74, 6) is 1.49. The zero-order valence-electron chi connectivity index (χ0n) is 18.2. The molecule has 1 aliphatic heterocycles. The predicted molar refractivity (Wildman–Crippen MR) is 121 cm³/mol. The van der Waals surface area contributed by atoms with E-state index in [0.717, 1.165) is 24.6 Å². The Morgan fingerprint density at radius 1 is 0.967 bits per heavy atom. The highest BCUT2D eigenvalue weighted by Crippen LogP contribution is 2.19. The van der Waals surface area contributed by atoms with Crippen LogP contribution >= 0.6 is 0 Å². The molecule has 6 nitrogen and oxygen atoms in total. The summed E-state index contributed by atoms with van der Waals surface area (Å²) in [4.78, 5) is 33.5. The normalized spacial score (nSPS) is 15.2. The number of nitrogens with one attached hydrogen (secondary N) is 1. The molecular weight excluding hydrogens is 376 g/mol. The zero-order valence-corrected chi connectivity index (χ0v) is 18.2. The van der Waals surface area contributed by atoms with E-state index >= 15 is 0 Å². The first-order valence-corrected chi connectivity index (χ1v) is 10.8. The molecule has 1 saturated heterocycles. The number of anilines is 2. The molecule has 2 aromatic rings. The van der Waals surface area contributed by atoms with E-state index in [4.69, 9.17) is 0 Å². The second-order valence-electron chi connectivity index (χ2n) is 8.39. The Morgan fingerprint density at radius 2 is 1.67 bits per heavy atom. The smallest absolute Gasteiger partial charge is 0.224 e. The molecule has 3 rings (SSSR count). The molecule has 1 aromatic heterocycles. The molecule has 1 N–H and O–H groups in total. The van der Waals surface area contributed by atoms with Gasteiger partial charge in [0.2, 0.25) is 11.8 Å². The fourth-order valence-corrected chi connectivity index (χ4v) is 3.70. The summed E-state index contributed by atoms with van der Waals surface area (Å²) in [6.07, 6.45) is 2.52. The molecule has 30 heavy (non-hydrogen) atoms. The van der Waals surface area contributed by atoms with Crippen molar-refractivity contribution in [3.05, 3.63) is 54.2 Å². The number of aromatic nitrogens is 1. The quantitative estimate of drug-likeness (QED) is 0.754. The molecule has 0 unspecified atom stereocenters. The van der Waals surface area contributed by atoms with Gasteiger partial charge in [-0.1, -0.05) is 39.0 Å². The van der Waals surface area contributed by atoms with Crippen molar-refractivity contribution in [2.24, 2.45) is 5.92 Å². The van der Waals surface area contributed by atoms with Crippen LogP contribution in [0.25, 0.3) is 0 Å². The second-order valence-corrected chi connectivity index (χ2v) is 8.39. The van der Waals surface area contributed by atoms with Crippen LogP contribution in [0.15, 0.2) is 48.7 Å². The molecule has 0 saturated carbocycles. The number of hydrogen-bond donors (Lipinski definition) is 1. The van der Waals surface area contributed by atoms with Gasteiger partial charge < -0.3 is 15.1 Å². The van der Waals surface area contributed by atoms with Crippen molar-refractivity contribution in [2.45, 2.75) is 39.5 Å². The number of hydrogen-bond acceptors (Lipinski definition) is 4. The highest BCUT2D eigenvalue weighted by Gasteiger charge is 2.23. The van der Waals surface area contributed by atoms with Gasteiger partial charge in [-0.15, -0.1) is 0 Å². The van der Waals surface area contributed by atoms with Crippen molar-refractivity contribution >= 4 is 23.3 Å². The molecule has 0 bridgehead atoms. The van der Waals surface area contributed by atoms with E-state index in [0.29, 0.717) is 31.8 Å². The molecule has 1 aliphatic rings.